The first-order chi connectivity index (χ1) is 12.2. The number of benzene rings is 1. The highest BCUT2D eigenvalue weighted by molar-refractivity contribution is 7.21. The number of carbonyl (C=O) groups is 1. The lowest BCUT2D eigenvalue weighted by molar-refractivity contribution is 0.0789. The van der Waals surface area contributed by atoms with Gasteiger partial charge in [-0.25, -0.2) is 4.98 Å². The van der Waals surface area contributed by atoms with Crippen molar-refractivity contribution in [1.82, 2.24) is 14.3 Å². The van der Waals surface area contributed by atoms with Crippen molar-refractivity contribution in [2.45, 2.75) is 13.5 Å². The summed E-state index contributed by atoms with van der Waals surface area (Å²) >= 11 is 3.04. The molecule has 0 fully saturated rings. The summed E-state index contributed by atoms with van der Waals surface area (Å²) in [7, 11) is 1.82. The molecule has 0 aliphatic rings. The van der Waals surface area contributed by atoms with Crippen molar-refractivity contribution in [1.29, 1.82) is 0 Å². The Morgan fingerprint density at radius 3 is 3.04 bits per heavy atom. The normalized spacial score (nSPS) is 11.3. The molecule has 0 bridgehead atoms. The Morgan fingerprint density at radius 1 is 1.36 bits per heavy atom. The van der Waals surface area contributed by atoms with Crippen LogP contribution >= 0.6 is 22.7 Å². The minimum Gasteiger partial charge on any atom is -0.494 e. The SMILES string of the molecule is CCOc1ccccc1CN(C)C(=O)c1cc2c(nc3sccn32)s1. The molecule has 4 aromatic rings. The Labute approximate surface area is 153 Å². The fourth-order valence-corrected chi connectivity index (χ4v) is 4.59. The van der Waals surface area contributed by atoms with Crippen molar-refractivity contribution >= 4 is 43.9 Å². The molecule has 4 rings (SSSR count). The van der Waals surface area contributed by atoms with E-state index in [1.165, 1.54) is 11.3 Å². The van der Waals surface area contributed by atoms with Crippen molar-refractivity contribution in [2.24, 2.45) is 0 Å². The molecule has 1 amide bonds. The van der Waals surface area contributed by atoms with Crippen molar-refractivity contribution < 1.29 is 9.53 Å². The summed E-state index contributed by atoms with van der Waals surface area (Å²) in [4.78, 5) is 21.7. The third kappa shape index (κ3) is 2.89. The number of fused-ring (bicyclic) bond motifs is 3. The van der Waals surface area contributed by atoms with Crippen molar-refractivity contribution in [2.75, 3.05) is 13.7 Å². The molecular formula is C18H17N3O2S2. The van der Waals surface area contributed by atoms with Crippen LogP contribution in [0.25, 0.3) is 15.3 Å². The number of imidazole rings is 1. The lowest BCUT2D eigenvalue weighted by Crippen LogP contribution is -2.25. The van der Waals surface area contributed by atoms with Gasteiger partial charge in [-0.3, -0.25) is 9.20 Å². The lowest BCUT2D eigenvalue weighted by Gasteiger charge is -2.18. The van der Waals surface area contributed by atoms with E-state index in [1.54, 1.807) is 16.2 Å². The molecule has 5 nitrogen and oxygen atoms in total. The average molecular weight is 371 g/mol. The third-order valence-corrected chi connectivity index (χ3v) is 5.74. The number of hydrogen-bond donors (Lipinski definition) is 0. The summed E-state index contributed by atoms with van der Waals surface area (Å²) in [6.45, 7) is 3.07. The second-order valence-corrected chi connectivity index (χ2v) is 7.57. The van der Waals surface area contributed by atoms with E-state index in [-0.39, 0.29) is 5.91 Å². The van der Waals surface area contributed by atoms with E-state index in [2.05, 4.69) is 4.98 Å². The molecule has 1 aromatic carbocycles. The van der Waals surface area contributed by atoms with Gasteiger partial charge in [0, 0.05) is 30.7 Å². The van der Waals surface area contributed by atoms with Gasteiger partial charge in [-0.05, 0) is 19.1 Å². The summed E-state index contributed by atoms with van der Waals surface area (Å²) in [6.07, 6.45) is 1.98. The molecular weight excluding hydrogens is 354 g/mol. The van der Waals surface area contributed by atoms with E-state index >= 15 is 0 Å². The number of ether oxygens (including phenoxy) is 1. The summed E-state index contributed by atoms with van der Waals surface area (Å²) in [6, 6.07) is 9.76. The number of thiophene rings is 1. The molecule has 7 heteroatoms. The molecule has 0 N–H and O–H groups in total. The fraction of sp³-hybridized carbons (Fsp3) is 0.222. The number of aromatic nitrogens is 2. The second-order valence-electron chi connectivity index (χ2n) is 5.67. The van der Waals surface area contributed by atoms with E-state index in [0.29, 0.717) is 18.0 Å². The van der Waals surface area contributed by atoms with E-state index in [0.717, 1.165) is 26.6 Å². The molecule has 25 heavy (non-hydrogen) atoms. The first kappa shape index (κ1) is 16.1. The maximum atomic E-state index is 12.8. The van der Waals surface area contributed by atoms with Crippen LogP contribution in [0.1, 0.15) is 22.2 Å². The van der Waals surface area contributed by atoms with Gasteiger partial charge in [0.05, 0.1) is 17.0 Å². The van der Waals surface area contributed by atoms with Gasteiger partial charge in [0.15, 0.2) is 4.96 Å². The van der Waals surface area contributed by atoms with Crippen molar-refractivity contribution in [3.8, 4) is 5.75 Å². The molecule has 3 aromatic heterocycles. The zero-order valence-corrected chi connectivity index (χ0v) is 15.6. The number of amides is 1. The van der Waals surface area contributed by atoms with Crippen LogP contribution < -0.4 is 4.74 Å². The number of rotatable bonds is 5. The Hall–Kier alpha value is -2.38. The van der Waals surface area contributed by atoms with Crippen LogP contribution in [-0.4, -0.2) is 33.8 Å². The molecule has 0 atom stereocenters. The standard InChI is InChI=1S/C18H17N3O2S2/c1-3-23-14-7-5-4-6-12(14)11-20(2)17(22)15-10-13-16(25-15)19-18-21(13)8-9-24-18/h4-10H,3,11H2,1-2H3. The molecule has 0 saturated heterocycles. The third-order valence-electron chi connectivity index (χ3n) is 3.98. The van der Waals surface area contributed by atoms with Crippen LogP contribution in [0.15, 0.2) is 41.9 Å². The Balaban J connectivity index is 1.58. The topological polar surface area (TPSA) is 46.8 Å². The molecule has 0 radical (unpaired) electrons. The number of hydrogen-bond acceptors (Lipinski definition) is 5. The fourth-order valence-electron chi connectivity index (χ4n) is 2.80. The van der Waals surface area contributed by atoms with Crippen LogP contribution in [0, 0.1) is 0 Å². The number of thiazole rings is 1. The maximum Gasteiger partial charge on any atom is 0.264 e. The molecule has 0 aliphatic carbocycles. The minimum atomic E-state index is -0.00159. The van der Waals surface area contributed by atoms with Gasteiger partial charge in [-0.2, -0.15) is 0 Å². The maximum absolute atomic E-state index is 12.8. The molecule has 0 spiro atoms. The summed E-state index contributed by atoms with van der Waals surface area (Å²) in [5.41, 5.74) is 2.00. The van der Waals surface area contributed by atoms with Crippen LogP contribution in [0.5, 0.6) is 5.75 Å². The smallest absolute Gasteiger partial charge is 0.264 e. The van der Waals surface area contributed by atoms with Crippen molar-refractivity contribution in [3.63, 3.8) is 0 Å². The summed E-state index contributed by atoms with van der Waals surface area (Å²) in [5.74, 6) is 0.824. The zero-order valence-electron chi connectivity index (χ0n) is 13.9. The van der Waals surface area contributed by atoms with Crippen molar-refractivity contribution in [3.05, 3.63) is 52.3 Å². The molecule has 3 heterocycles. The predicted octanol–water partition coefficient (Wildman–Crippen LogP) is 4.28. The van der Waals surface area contributed by atoms with Crippen LogP contribution in [0.4, 0.5) is 0 Å². The summed E-state index contributed by atoms with van der Waals surface area (Å²) in [5, 5.41) is 2.00. The van der Waals surface area contributed by atoms with Crippen LogP contribution in [0.3, 0.4) is 0 Å². The molecule has 0 saturated carbocycles. The highest BCUT2D eigenvalue weighted by Gasteiger charge is 2.19. The van der Waals surface area contributed by atoms with E-state index in [1.807, 2.05) is 60.3 Å². The Bertz CT molecular complexity index is 1050. The first-order valence-electron chi connectivity index (χ1n) is 7.98. The molecule has 128 valence electrons. The van der Waals surface area contributed by atoms with E-state index in [9.17, 15) is 4.79 Å². The molecule has 0 aliphatic heterocycles. The minimum absolute atomic E-state index is 0.00159. The van der Waals surface area contributed by atoms with Crippen LogP contribution in [0.2, 0.25) is 0 Å². The van der Waals surface area contributed by atoms with Gasteiger partial charge in [0.25, 0.3) is 5.91 Å². The van der Waals surface area contributed by atoms with Crippen LogP contribution in [-0.2, 0) is 6.54 Å². The lowest BCUT2D eigenvalue weighted by atomic mass is 10.2. The Kier molecular flexibility index (Phi) is 4.19. The largest absolute Gasteiger partial charge is 0.494 e. The van der Waals surface area contributed by atoms with Gasteiger partial charge in [0.2, 0.25) is 0 Å². The van der Waals surface area contributed by atoms with E-state index < -0.39 is 0 Å². The highest BCUT2D eigenvalue weighted by Crippen LogP contribution is 2.29. The van der Waals surface area contributed by atoms with E-state index in [4.69, 9.17) is 4.74 Å². The second kappa shape index (κ2) is 6.50. The van der Waals surface area contributed by atoms with Gasteiger partial charge in [-0.15, -0.1) is 22.7 Å². The van der Waals surface area contributed by atoms with Gasteiger partial charge in [0.1, 0.15) is 10.6 Å². The molecule has 0 unspecified atom stereocenters. The first-order valence-corrected chi connectivity index (χ1v) is 9.68. The highest BCUT2D eigenvalue weighted by atomic mass is 32.1. The predicted molar refractivity (Wildman–Crippen MR) is 102 cm³/mol. The quantitative estimate of drug-likeness (QED) is 0.526. The Morgan fingerprint density at radius 2 is 2.20 bits per heavy atom. The van der Waals surface area contributed by atoms with Gasteiger partial charge in [-0.1, -0.05) is 18.2 Å². The van der Waals surface area contributed by atoms with Gasteiger partial charge < -0.3 is 9.64 Å². The number of nitrogens with zero attached hydrogens (tertiary/aromatic N) is 3. The average Bonchev–Trinajstić information content (AvgIpc) is 3.28. The number of para-hydroxylation sites is 1. The number of carbonyl (C=O) groups excluding carboxylic acids is 1. The van der Waals surface area contributed by atoms with Gasteiger partial charge >= 0.3 is 0 Å². The summed E-state index contributed by atoms with van der Waals surface area (Å²) < 4.78 is 7.68. The monoisotopic (exact) mass is 371 g/mol. The zero-order chi connectivity index (χ0) is 17.4.